The van der Waals surface area contributed by atoms with E-state index in [2.05, 4.69) is 25.8 Å². The Labute approximate surface area is 70.5 Å². The molecule has 0 spiro atoms. The van der Waals surface area contributed by atoms with Crippen LogP contribution in [0.25, 0.3) is 10.1 Å². The van der Waals surface area contributed by atoms with Gasteiger partial charge in [0.05, 0.1) is 0 Å². The SMILES string of the molecule is Bc1cc2cncc(C)c2s1. The van der Waals surface area contributed by atoms with Gasteiger partial charge in [0.25, 0.3) is 0 Å². The molecule has 0 aliphatic carbocycles. The summed E-state index contributed by atoms with van der Waals surface area (Å²) in [7, 11) is 2.13. The van der Waals surface area contributed by atoms with Crippen molar-refractivity contribution in [3.05, 3.63) is 24.0 Å². The Morgan fingerprint density at radius 2 is 2.27 bits per heavy atom. The van der Waals surface area contributed by atoms with Gasteiger partial charge in [0, 0.05) is 22.5 Å². The van der Waals surface area contributed by atoms with Gasteiger partial charge in [-0.15, -0.1) is 0 Å². The van der Waals surface area contributed by atoms with Gasteiger partial charge in [-0.05, 0) is 23.3 Å². The standard InChI is InChI=1S/C8H8BNS/c1-5-3-10-4-6-2-7(9)11-8(5)6/h2-4H,9H2,1H3. The molecule has 0 fully saturated rings. The van der Waals surface area contributed by atoms with Gasteiger partial charge in [-0.25, -0.2) is 0 Å². The summed E-state index contributed by atoms with van der Waals surface area (Å²) >= 11 is 1.84. The number of pyridine rings is 1. The van der Waals surface area contributed by atoms with E-state index in [9.17, 15) is 0 Å². The van der Waals surface area contributed by atoms with Gasteiger partial charge in [-0.3, -0.25) is 4.98 Å². The van der Waals surface area contributed by atoms with E-state index in [0.717, 1.165) is 0 Å². The third kappa shape index (κ3) is 1.05. The summed E-state index contributed by atoms with van der Waals surface area (Å²) in [6, 6.07) is 2.18. The lowest BCUT2D eigenvalue weighted by atomic mass is 10.1. The fraction of sp³-hybridized carbons (Fsp3) is 0.125. The maximum Gasteiger partial charge on any atom is 0.152 e. The molecule has 1 nitrogen and oxygen atoms in total. The molecule has 0 radical (unpaired) electrons. The Bertz CT molecular complexity index is 394. The van der Waals surface area contributed by atoms with Gasteiger partial charge in [0.2, 0.25) is 0 Å². The Morgan fingerprint density at radius 3 is 3.00 bits per heavy atom. The molecule has 0 aromatic carbocycles. The quantitative estimate of drug-likeness (QED) is 0.522. The summed E-state index contributed by atoms with van der Waals surface area (Å²) in [5.41, 5.74) is 1.28. The summed E-state index contributed by atoms with van der Waals surface area (Å²) < 4.78 is 2.73. The average Bonchev–Trinajstić information content (AvgIpc) is 2.31. The van der Waals surface area contributed by atoms with Crippen LogP contribution in [0.2, 0.25) is 0 Å². The van der Waals surface area contributed by atoms with Crippen LogP contribution in [0.3, 0.4) is 0 Å². The van der Waals surface area contributed by atoms with Crippen molar-refractivity contribution in [2.45, 2.75) is 6.92 Å². The van der Waals surface area contributed by atoms with Gasteiger partial charge in [-0.2, -0.15) is 11.3 Å². The highest BCUT2D eigenvalue weighted by molar-refractivity contribution is 7.26. The highest BCUT2D eigenvalue weighted by atomic mass is 32.1. The van der Waals surface area contributed by atoms with Gasteiger partial charge in [0.1, 0.15) is 0 Å². The largest absolute Gasteiger partial charge is 0.264 e. The number of aryl methyl sites for hydroxylation is 1. The maximum absolute atomic E-state index is 4.13. The zero-order valence-electron chi connectivity index (χ0n) is 6.59. The molecule has 0 aliphatic heterocycles. The molecule has 0 aliphatic rings. The smallest absolute Gasteiger partial charge is 0.152 e. The number of rotatable bonds is 0. The first-order valence-electron chi connectivity index (χ1n) is 3.58. The summed E-state index contributed by atoms with van der Waals surface area (Å²) in [4.78, 5) is 4.13. The van der Waals surface area contributed by atoms with Crippen molar-refractivity contribution in [1.29, 1.82) is 0 Å². The van der Waals surface area contributed by atoms with Crippen LogP contribution in [0.4, 0.5) is 0 Å². The lowest BCUT2D eigenvalue weighted by molar-refractivity contribution is 1.32. The fourth-order valence-corrected chi connectivity index (χ4v) is 2.18. The number of aromatic nitrogens is 1. The van der Waals surface area contributed by atoms with Crippen LogP contribution in [0.15, 0.2) is 18.5 Å². The van der Waals surface area contributed by atoms with Crippen LogP contribution in [0.5, 0.6) is 0 Å². The molecule has 0 bridgehead atoms. The Hall–Kier alpha value is -0.825. The van der Waals surface area contributed by atoms with Crippen LogP contribution in [-0.2, 0) is 0 Å². The third-order valence-corrected chi connectivity index (χ3v) is 2.93. The zero-order chi connectivity index (χ0) is 7.84. The number of thiophene rings is 1. The number of hydrogen-bond donors (Lipinski definition) is 0. The van der Waals surface area contributed by atoms with Crippen molar-refractivity contribution in [2.75, 3.05) is 0 Å². The van der Waals surface area contributed by atoms with Gasteiger partial charge >= 0.3 is 0 Å². The van der Waals surface area contributed by atoms with E-state index in [0.29, 0.717) is 0 Å². The molecule has 2 aromatic rings. The van der Waals surface area contributed by atoms with E-state index in [4.69, 9.17) is 0 Å². The minimum Gasteiger partial charge on any atom is -0.264 e. The van der Waals surface area contributed by atoms with Crippen molar-refractivity contribution in [2.24, 2.45) is 0 Å². The molecule has 54 valence electrons. The highest BCUT2D eigenvalue weighted by Gasteiger charge is 1.99. The summed E-state index contributed by atoms with van der Waals surface area (Å²) in [5.74, 6) is 0. The van der Waals surface area contributed by atoms with Crippen LogP contribution < -0.4 is 4.78 Å². The van der Waals surface area contributed by atoms with Crippen molar-refractivity contribution >= 4 is 34.0 Å². The van der Waals surface area contributed by atoms with Crippen LogP contribution in [0, 0.1) is 6.92 Å². The van der Waals surface area contributed by atoms with Crippen molar-refractivity contribution < 1.29 is 0 Å². The maximum atomic E-state index is 4.13. The number of nitrogens with zero attached hydrogens (tertiary/aromatic N) is 1. The Balaban J connectivity index is 2.90. The molecule has 0 saturated carbocycles. The van der Waals surface area contributed by atoms with E-state index in [-0.39, 0.29) is 0 Å². The minimum atomic E-state index is 1.27. The lowest BCUT2D eigenvalue weighted by Crippen LogP contribution is -1.88. The van der Waals surface area contributed by atoms with E-state index in [1.54, 1.807) is 0 Å². The molecule has 11 heavy (non-hydrogen) atoms. The van der Waals surface area contributed by atoms with Gasteiger partial charge in [-0.1, -0.05) is 0 Å². The molecule has 0 saturated heterocycles. The van der Waals surface area contributed by atoms with Gasteiger partial charge in [0.15, 0.2) is 7.85 Å². The molecule has 2 aromatic heterocycles. The summed E-state index contributed by atoms with van der Waals surface area (Å²) in [6.07, 6.45) is 3.84. The summed E-state index contributed by atoms with van der Waals surface area (Å²) in [5, 5.41) is 1.27. The molecular formula is C8H8BNS. The van der Waals surface area contributed by atoms with Crippen LogP contribution in [0.1, 0.15) is 5.56 Å². The Morgan fingerprint density at radius 1 is 1.45 bits per heavy atom. The third-order valence-electron chi connectivity index (χ3n) is 1.72. The first-order chi connectivity index (χ1) is 5.27. The second-order valence-corrected chi connectivity index (χ2v) is 3.99. The molecule has 2 heterocycles. The normalized spacial score (nSPS) is 10.6. The molecule has 0 atom stereocenters. The van der Waals surface area contributed by atoms with Crippen molar-refractivity contribution in [1.82, 2.24) is 4.98 Å². The van der Waals surface area contributed by atoms with Gasteiger partial charge < -0.3 is 0 Å². The summed E-state index contributed by atoms with van der Waals surface area (Å²) in [6.45, 7) is 2.10. The second-order valence-electron chi connectivity index (χ2n) is 2.73. The van der Waals surface area contributed by atoms with E-state index >= 15 is 0 Å². The first-order valence-corrected chi connectivity index (χ1v) is 4.40. The highest BCUT2D eigenvalue weighted by Crippen LogP contribution is 2.20. The molecular weight excluding hydrogens is 153 g/mol. The predicted octanol–water partition coefficient (Wildman–Crippen LogP) is 0.863. The Kier molecular flexibility index (Phi) is 1.46. The first kappa shape index (κ1) is 6.86. The van der Waals surface area contributed by atoms with Crippen molar-refractivity contribution in [3.8, 4) is 0 Å². The average molecular weight is 161 g/mol. The molecule has 0 unspecified atom stereocenters. The minimum absolute atomic E-state index is 1.27. The van der Waals surface area contributed by atoms with Crippen molar-refractivity contribution in [3.63, 3.8) is 0 Å². The molecule has 0 N–H and O–H groups in total. The van der Waals surface area contributed by atoms with Crippen LogP contribution in [-0.4, -0.2) is 12.8 Å². The van der Waals surface area contributed by atoms with Crippen LogP contribution >= 0.6 is 11.3 Å². The number of fused-ring (bicyclic) bond motifs is 1. The van der Waals surface area contributed by atoms with E-state index in [1.165, 1.54) is 20.4 Å². The zero-order valence-corrected chi connectivity index (χ0v) is 7.40. The molecule has 0 amide bonds. The van der Waals surface area contributed by atoms with E-state index in [1.807, 2.05) is 23.7 Å². The second kappa shape index (κ2) is 2.34. The van der Waals surface area contributed by atoms with E-state index < -0.39 is 0 Å². The molecule has 3 heteroatoms. The topological polar surface area (TPSA) is 12.9 Å². The predicted molar refractivity (Wildman–Crippen MR) is 52.5 cm³/mol. The lowest BCUT2D eigenvalue weighted by Gasteiger charge is -1.90. The fourth-order valence-electron chi connectivity index (χ4n) is 1.23. The molecule has 2 rings (SSSR count). The number of hydrogen-bond acceptors (Lipinski definition) is 2. The monoisotopic (exact) mass is 161 g/mol.